The van der Waals surface area contributed by atoms with Crippen molar-refractivity contribution in [3.05, 3.63) is 53.1 Å². The third-order valence-electron chi connectivity index (χ3n) is 3.72. The minimum Gasteiger partial charge on any atom is -0.324 e. The van der Waals surface area contributed by atoms with Gasteiger partial charge in [0.1, 0.15) is 5.82 Å². The zero-order chi connectivity index (χ0) is 12.7. The first-order valence-corrected chi connectivity index (χ1v) is 6.39. The summed E-state index contributed by atoms with van der Waals surface area (Å²) < 4.78 is 15.9. The van der Waals surface area contributed by atoms with Crippen molar-refractivity contribution in [1.82, 2.24) is 4.57 Å². The van der Waals surface area contributed by atoms with E-state index in [2.05, 4.69) is 0 Å². The molecule has 1 atom stereocenters. The zero-order valence-corrected chi connectivity index (χ0v) is 10.5. The van der Waals surface area contributed by atoms with Crippen molar-refractivity contribution >= 4 is 0 Å². The number of hydrogen-bond donors (Lipinski definition) is 1. The van der Waals surface area contributed by atoms with Gasteiger partial charge in [0.15, 0.2) is 0 Å². The smallest absolute Gasteiger partial charge is 0.147 e. The van der Waals surface area contributed by atoms with Crippen LogP contribution in [0.2, 0.25) is 0 Å². The summed E-state index contributed by atoms with van der Waals surface area (Å²) in [6.07, 6.45) is 5.01. The molecule has 0 fully saturated rings. The molecule has 1 aliphatic carbocycles. The lowest BCUT2D eigenvalue weighted by atomic mass is 9.93. The second kappa shape index (κ2) is 4.25. The van der Waals surface area contributed by atoms with Gasteiger partial charge in [0, 0.05) is 17.9 Å². The van der Waals surface area contributed by atoms with E-state index in [-0.39, 0.29) is 11.9 Å². The Hall–Kier alpha value is -1.61. The Morgan fingerprint density at radius 3 is 3.00 bits per heavy atom. The van der Waals surface area contributed by atoms with Crippen molar-refractivity contribution in [2.75, 3.05) is 0 Å². The number of fused-ring (bicyclic) bond motifs is 1. The standard InChI is InChI=1S/C15H17FN2/c1-10-5-6-12(16)15(9-10)18-8-7-11-13(17)3-2-4-14(11)18/h5-9,13H,2-4,17H2,1H3. The van der Waals surface area contributed by atoms with Gasteiger partial charge < -0.3 is 10.3 Å². The molecule has 1 aromatic carbocycles. The normalized spacial score (nSPS) is 18.7. The summed E-state index contributed by atoms with van der Waals surface area (Å²) in [4.78, 5) is 0. The van der Waals surface area contributed by atoms with Gasteiger partial charge in [0.05, 0.1) is 5.69 Å². The van der Waals surface area contributed by atoms with Crippen molar-refractivity contribution in [3.8, 4) is 5.69 Å². The third-order valence-corrected chi connectivity index (χ3v) is 3.72. The van der Waals surface area contributed by atoms with E-state index in [1.165, 1.54) is 17.3 Å². The second-order valence-corrected chi connectivity index (χ2v) is 5.04. The first-order valence-electron chi connectivity index (χ1n) is 6.39. The van der Waals surface area contributed by atoms with Crippen LogP contribution in [0.1, 0.15) is 35.7 Å². The Morgan fingerprint density at radius 2 is 2.17 bits per heavy atom. The summed E-state index contributed by atoms with van der Waals surface area (Å²) >= 11 is 0. The van der Waals surface area contributed by atoms with E-state index in [9.17, 15) is 4.39 Å². The van der Waals surface area contributed by atoms with Crippen molar-refractivity contribution in [2.24, 2.45) is 5.73 Å². The fraction of sp³-hybridized carbons (Fsp3) is 0.333. The Kier molecular flexibility index (Phi) is 2.71. The Labute approximate surface area is 106 Å². The maximum atomic E-state index is 13.9. The van der Waals surface area contributed by atoms with E-state index in [1.807, 2.05) is 29.8 Å². The first-order chi connectivity index (χ1) is 8.66. The largest absolute Gasteiger partial charge is 0.324 e. The summed E-state index contributed by atoms with van der Waals surface area (Å²) in [5.41, 5.74) is 10.1. The van der Waals surface area contributed by atoms with E-state index < -0.39 is 0 Å². The van der Waals surface area contributed by atoms with Gasteiger partial charge in [0.25, 0.3) is 0 Å². The molecule has 2 aromatic rings. The summed E-state index contributed by atoms with van der Waals surface area (Å²) in [5, 5.41) is 0. The molecule has 1 aliphatic rings. The summed E-state index contributed by atoms with van der Waals surface area (Å²) in [7, 11) is 0. The van der Waals surface area contributed by atoms with E-state index >= 15 is 0 Å². The highest BCUT2D eigenvalue weighted by atomic mass is 19.1. The molecule has 0 bridgehead atoms. The number of nitrogens with zero attached hydrogens (tertiary/aromatic N) is 1. The van der Waals surface area contributed by atoms with Crippen LogP contribution in [0.3, 0.4) is 0 Å². The predicted octanol–water partition coefficient (Wildman–Crippen LogP) is 3.26. The van der Waals surface area contributed by atoms with Gasteiger partial charge in [-0.2, -0.15) is 0 Å². The number of nitrogens with two attached hydrogens (primary N) is 1. The Balaban J connectivity index is 2.15. The average molecular weight is 244 g/mol. The molecule has 2 N–H and O–H groups in total. The average Bonchev–Trinajstić information content (AvgIpc) is 2.77. The van der Waals surface area contributed by atoms with Gasteiger partial charge in [0.2, 0.25) is 0 Å². The zero-order valence-electron chi connectivity index (χ0n) is 10.5. The second-order valence-electron chi connectivity index (χ2n) is 5.04. The molecule has 1 heterocycles. The van der Waals surface area contributed by atoms with Crippen LogP contribution in [0.15, 0.2) is 30.5 Å². The number of aryl methyl sites for hydroxylation is 1. The fourth-order valence-electron chi connectivity index (χ4n) is 2.76. The maximum Gasteiger partial charge on any atom is 0.147 e. The molecule has 0 aliphatic heterocycles. The molecule has 3 heteroatoms. The topological polar surface area (TPSA) is 30.9 Å². The fourth-order valence-corrected chi connectivity index (χ4v) is 2.76. The highest BCUT2D eigenvalue weighted by molar-refractivity contribution is 5.43. The quantitative estimate of drug-likeness (QED) is 0.820. The van der Waals surface area contributed by atoms with Gasteiger partial charge >= 0.3 is 0 Å². The highest BCUT2D eigenvalue weighted by Gasteiger charge is 2.21. The number of benzene rings is 1. The van der Waals surface area contributed by atoms with Gasteiger partial charge in [-0.15, -0.1) is 0 Å². The van der Waals surface area contributed by atoms with E-state index in [0.29, 0.717) is 5.69 Å². The molecule has 0 saturated carbocycles. The Morgan fingerprint density at radius 1 is 1.33 bits per heavy atom. The van der Waals surface area contributed by atoms with Crippen LogP contribution >= 0.6 is 0 Å². The number of rotatable bonds is 1. The lowest BCUT2D eigenvalue weighted by molar-refractivity contribution is 0.555. The van der Waals surface area contributed by atoms with Crippen LogP contribution in [0.4, 0.5) is 4.39 Å². The highest BCUT2D eigenvalue weighted by Crippen LogP contribution is 2.31. The number of aromatic nitrogens is 1. The number of hydrogen-bond acceptors (Lipinski definition) is 1. The van der Waals surface area contributed by atoms with Gasteiger partial charge in [-0.3, -0.25) is 0 Å². The minimum atomic E-state index is -0.182. The molecule has 0 radical (unpaired) electrons. The van der Waals surface area contributed by atoms with E-state index in [1.54, 1.807) is 6.07 Å². The van der Waals surface area contributed by atoms with Crippen LogP contribution < -0.4 is 5.73 Å². The predicted molar refractivity (Wildman–Crippen MR) is 70.3 cm³/mol. The molecule has 0 saturated heterocycles. The SMILES string of the molecule is Cc1ccc(F)c(-n2ccc3c2CCCC3N)c1. The molecule has 1 unspecified atom stereocenters. The van der Waals surface area contributed by atoms with Gasteiger partial charge in [-0.05, 0) is 55.5 Å². The van der Waals surface area contributed by atoms with Gasteiger partial charge in [-0.25, -0.2) is 4.39 Å². The molecular formula is C15H17FN2. The van der Waals surface area contributed by atoms with Crippen LogP contribution in [-0.4, -0.2) is 4.57 Å². The van der Waals surface area contributed by atoms with Crippen molar-refractivity contribution in [3.63, 3.8) is 0 Å². The summed E-state index contributed by atoms with van der Waals surface area (Å²) in [6.45, 7) is 1.98. The summed E-state index contributed by atoms with van der Waals surface area (Å²) in [5.74, 6) is -0.182. The van der Waals surface area contributed by atoms with E-state index in [0.717, 1.165) is 24.8 Å². The molecule has 1 aromatic heterocycles. The lowest BCUT2D eigenvalue weighted by Crippen LogP contribution is -2.18. The molecule has 0 spiro atoms. The molecule has 3 rings (SSSR count). The van der Waals surface area contributed by atoms with Crippen molar-refractivity contribution in [2.45, 2.75) is 32.2 Å². The van der Waals surface area contributed by atoms with Crippen LogP contribution in [-0.2, 0) is 6.42 Å². The Bertz CT molecular complexity index is 586. The number of halogens is 1. The van der Waals surface area contributed by atoms with Gasteiger partial charge in [-0.1, -0.05) is 6.07 Å². The van der Waals surface area contributed by atoms with Crippen LogP contribution in [0.5, 0.6) is 0 Å². The van der Waals surface area contributed by atoms with Crippen molar-refractivity contribution in [1.29, 1.82) is 0 Å². The molecule has 0 amide bonds. The third kappa shape index (κ3) is 1.75. The van der Waals surface area contributed by atoms with Crippen molar-refractivity contribution < 1.29 is 4.39 Å². The maximum absolute atomic E-state index is 13.9. The summed E-state index contributed by atoms with van der Waals surface area (Å²) in [6, 6.07) is 7.33. The monoisotopic (exact) mass is 244 g/mol. The van der Waals surface area contributed by atoms with Crippen LogP contribution in [0.25, 0.3) is 5.69 Å². The molecular weight excluding hydrogens is 227 g/mol. The first kappa shape index (κ1) is 11.5. The molecule has 94 valence electrons. The lowest BCUT2D eigenvalue weighted by Gasteiger charge is -2.21. The van der Waals surface area contributed by atoms with E-state index in [4.69, 9.17) is 5.73 Å². The molecule has 2 nitrogen and oxygen atoms in total. The molecule has 18 heavy (non-hydrogen) atoms. The minimum absolute atomic E-state index is 0.0999. The van der Waals surface area contributed by atoms with Crippen LogP contribution in [0, 0.1) is 12.7 Å².